The summed E-state index contributed by atoms with van der Waals surface area (Å²) in [5.41, 5.74) is 9.21. The smallest absolute Gasteiger partial charge is 0.257 e. The van der Waals surface area contributed by atoms with Crippen LogP contribution in [0.5, 0.6) is 0 Å². The maximum absolute atomic E-state index is 12.3. The second kappa shape index (κ2) is 6.01. The summed E-state index contributed by atoms with van der Waals surface area (Å²) < 4.78 is 0. The molecule has 21 heavy (non-hydrogen) atoms. The molecule has 3 N–H and O–H groups in total. The molecular weight excluding hydrogens is 288 g/mol. The molecule has 0 unspecified atom stereocenters. The number of pyridine rings is 1. The Hall–Kier alpha value is -2.27. The molecule has 2 rings (SSSR count). The Morgan fingerprint density at radius 3 is 2.71 bits per heavy atom. The Labute approximate surface area is 128 Å². The molecule has 110 valence electrons. The predicted octanol–water partition coefficient (Wildman–Crippen LogP) is 2.94. The number of nitrogens with one attached hydrogen (secondary N) is 1. The van der Waals surface area contributed by atoms with Gasteiger partial charge in [-0.2, -0.15) is 0 Å². The third-order valence-electron chi connectivity index (χ3n) is 3.09. The molecule has 0 atom stereocenters. The van der Waals surface area contributed by atoms with Crippen molar-refractivity contribution < 1.29 is 4.79 Å². The van der Waals surface area contributed by atoms with E-state index in [-0.39, 0.29) is 16.7 Å². The van der Waals surface area contributed by atoms with Crippen molar-refractivity contribution in [3.8, 4) is 0 Å². The van der Waals surface area contributed by atoms with E-state index in [1.807, 2.05) is 44.1 Å². The summed E-state index contributed by atoms with van der Waals surface area (Å²) >= 11 is 5.80. The average molecular weight is 305 g/mol. The van der Waals surface area contributed by atoms with Gasteiger partial charge in [-0.25, -0.2) is 4.98 Å². The lowest BCUT2D eigenvalue weighted by atomic mass is 10.1. The van der Waals surface area contributed by atoms with Crippen molar-refractivity contribution >= 4 is 34.6 Å². The molecular formula is C15H17ClN4O. The number of aryl methyl sites for hydroxylation is 1. The minimum atomic E-state index is -0.314. The van der Waals surface area contributed by atoms with Gasteiger partial charge in [0.05, 0.1) is 17.4 Å². The first kappa shape index (κ1) is 15.1. The molecule has 2 aromatic rings. The van der Waals surface area contributed by atoms with Crippen LogP contribution in [0.4, 0.5) is 17.1 Å². The maximum Gasteiger partial charge on any atom is 0.257 e. The fraction of sp³-hybridized carbons (Fsp3) is 0.200. The van der Waals surface area contributed by atoms with Crippen LogP contribution in [0.2, 0.25) is 5.15 Å². The molecule has 5 nitrogen and oxygen atoms in total. The van der Waals surface area contributed by atoms with Gasteiger partial charge in [-0.05, 0) is 30.7 Å². The van der Waals surface area contributed by atoms with Crippen molar-refractivity contribution in [3.05, 3.63) is 46.7 Å². The quantitative estimate of drug-likeness (QED) is 0.855. The minimum absolute atomic E-state index is 0.229. The third kappa shape index (κ3) is 3.44. The van der Waals surface area contributed by atoms with Gasteiger partial charge < -0.3 is 16.0 Å². The molecule has 1 aromatic heterocycles. The first-order chi connectivity index (χ1) is 9.88. The highest BCUT2D eigenvalue weighted by atomic mass is 35.5. The van der Waals surface area contributed by atoms with Gasteiger partial charge in [0.25, 0.3) is 5.91 Å². The Morgan fingerprint density at radius 2 is 2.05 bits per heavy atom. The molecule has 6 heteroatoms. The molecule has 0 radical (unpaired) electrons. The van der Waals surface area contributed by atoms with Gasteiger partial charge in [0, 0.05) is 25.5 Å². The zero-order valence-corrected chi connectivity index (χ0v) is 12.9. The fourth-order valence-electron chi connectivity index (χ4n) is 2.00. The highest BCUT2D eigenvalue weighted by Gasteiger charge is 2.12. The molecule has 0 aliphatic rings. The van der Waals surface area contributed by atoms with Gasteiger partial charge in [-0.3, -0.25) is 4.79 Å². The van der Waals surface area contributed by atoms with E-state index < -0.39 is 0 Å². The van der Waals surface area contributed by atoms with E-state index in [1.54, 1.807) is 0 Å². The van der Waals surface area contributed by atoms with Crippen molar-refractivity contribution in [3.63, 3.8) is 0 Å². The minimum Gasteiger partial charge on any atom is -0.397 e. The van der Waals surface area contributed by atoms with Crippen LogP contribution in [-0.4, -0.2) is 25.0 Å². The van der Waals surface area contributed by atoms with Crippen LogP contribution in [0.1, 0.15) is 15.9 Å². The normalized spacial score (nSPS) is 10.3. The molecule has 0 aliphatic carbocycles. The monoisotopic (exact) mass is 304 g/mol. The van der Waals surface area contributed by atoms with Crippen LogP contribution >= 0.6 is 11.6 Å². The van der Waals surface area contributed by atoms with Crippen molar-refractivity contribution in [1.82, 2.24) is 4.98 Å². The van der Waals surface area contributed by atoms with E-state index in [0.717, 1.165) is 11.3 Å². The van der Waals surface area contributed by atoms with E-state index in [4.69, 9.17) is 17.3 Å². The summed E-state index contributed by atoms with van der Waals surface area (Å²) in [5.74, 6) is -0.314. The SMILES string of the molecule is Cc1ccc(NC(=O)c2cc(Cl)ncc2N)cc1N(C)C. The second-order valence-corrected chi connectivity index (χ2v) is 5.33. The zero-order valence-electron chi connectivity index (χ0n) is 12.1. The van der Waals surface area contributed by atoms with Gasteiger partial charge in [0.2, 0.25) is 0 Å². The number of nitrogens with zero attached hydrogens (tertiary/aromatic N) is 2. The lowest BCUT2D eigenvalue weighted by Crippen LogP contribution is -2.15. The molecule has 0 bridgehead atoms. The summed E-state index contributed by atoms with van der Waals surface area (Å²) in [6, 6.07) is 7.16. The third-order valence-corrected chi connectivity index (χ3v) is 3.30. The summed E-state index contributed by atoms with van der Waals surface area (Å²) in [5, 5.41) is 3.05. The molecule has 0 saturated carbocycles. The molecule has 1 amide bonds. The number of hydrogen-bond donors (Lipinski definition) is 2. The molecule has 0 aliphatic heterocycles. The first-order valence-electron chi connectivity index (χ1n) is 6.39. The Balaban J connectivity index is 2.27. The molecule has 0 saturated heterocycles. The van der Waals surface area contributed by atoms with Crippen LogP contribution in [0.3, 0.4) is 0 Å². The van der Waals surface area contributed by atoms with Crippen LogP contribution in [0, 0.1) is 6.92 Å². The van der Waals surface area contributed by atoms with Gasteiger partial charge in [-0.15, -0.1) is 0 Å². The molecule has 0 spiro atoms. The number of carbonyl (C=O) groups excluding carboxylic acids is 1. The Bertz CT molecular complexity index is 685. The summed E-state index contributed by atoms with van der Waals surface area (Å²) in [7, 11) is 3.91. The number of benzene rings is 1. The topological polar surface area (TPSA) is 71.2 Å². The van der Waals surface area contributed by atoms with E-state index >= 15 is 0 Å². The van der Waals surface area contributed by atoms with Crippen molar-refractivity contribution in [2.45, 2.75) is 6.92 Å². The van der Waals surface area contributed by atoms with E-state index in [9.17, 15) is 4.79 Å². The van der Waals surface area contributed by atoms with Crippen LogP contribution in [0.25, 0.3) is 0 Å². The van der Waals surface area contributed by atoms with Crippen LogP contribution < -0.4 is 16.0 Å². The van der Waals surface area contributed by atoms with Crippen LogP contribution in [-0.2, 0) is 0 Å². The first-order valence-corrected chi connectivity index (χ1v) is 6.76. The number of carbonyl (C=O) groups is 1. The van der Waals surface area contributed by atoms with E-state index in [0.29, 0.717) is 11.3 Å². The maximum atomic E-state index is 12.3. The Morgan fingerprint density at radius 1 is 1.33 bits per heavy atom. The number of nitrogen functional groups attached to an aromatic ring is 1. The predicted molar refractivity (Wildman–Crippen MR) is 87.1 cm³/mol. The summed E-state index contributed by atoms with van der Waals surface area (Å²) in [6.45, 7) is 2.02. The number of rotatable bonds is 3. The highest BCUT2D eigenvalue weighted by Crippen LogP contribution is 2.23. The highest BCUT2D eigenvalue weighted by molar-refractivity contribution is 6.30. The number of hydrogen-bond acceptors (Lipinski definition) is 4. The number of nitrogens with two attached hydrogens (primary N) is 1. The standard InChI is InChI=1S/C15H17ClN4O/c1-9-4-5-10(6-13(9)20(2)3)19-15(21)11-7-14(16)18-8-12(11)17/h4-8H,17H2,1-3H3,(H,19,21). The summed E-state index contributed by atoms with van der Waals surface area (Å²) in [6.07, 6.45) is 1.37. The lowest BCUT2D eigenvalue weighted by molar-refractivity contribution is 0.102. The number of amides is 1. The van der Waals surface area contributed by atoms with Gasteiger partial charge in [-0.1, -0.05) is 17.7 Å². The Kier molecular flexibility index (Phi) is 4.33. The zero-order chi connectivity index (χ0) is 15.6. The fourth-order valence-corrected chi connectivity index (χ4v) is 2.16. The van der Waals surface area contributed by atoms with Crippen LogP contribution in [0.15, 0.2) is 30.5 Å². The van der Waals surface area contributed by atoms with Crippen molar-refractivity contribution in [2.75, 3.05) is 30.0 Å². The second-order valence-electron chi connectivity index (χ2n) is 4.94. The lowest BCUT2D eigenvalue weighted by Gasteiger charge is -2.17. The molecule has 0 fully saturated rings. The number of aromatic nitrogens is 1. The van der Waals surface area contributed by atoms with Gasteiger partial charge in [0.15, 0.2) is 0 Å². The van der Waals surface area contributed by atoms with Gasteiger partial charge in [0.1, 0.15) is 5.15 Å². The van der Waals surface area contributed by atoms with Gasteiger partial charge >= 0.3 is 0 Å². The van der Waals surface area contributed by atoms with Crippen molar-refractivity contribution in [1.29, 1.82) is 0 Å². The molecule has 1 heterocycles. The van der Waals surface area contributed by atoms with E-state index in [1.165, 1.54) is 12.3 Å². The molecule has 1 aromatic carbocycles. The summed E-state index contributed by atoms with van der Waals surface area (Å²) in [4.78, 5) is 18.1. The average Bonchev–Trinajstić information content (AvgIpc) is 2.43. The van der Waals surface area contributed by atoms with Crippen molar-refractivity contribution in [2.24, 2.45) is 0 Å². The number of halogens is 1. The largest absolute Gasteiger partial charge is 0.397 e. The van der Waals surface area contributed by atoms with E-state index in [2.05, 4.69) is 10.3 Å². The number of anilines is 3.